The number of benzene rings is 2. The molecule has 3 aromatic rings. The largest absolute Gasteiger partial charge is 0.372 e. The van der Waals surface area contributed by atoms with Crippen molar-refractivity contribution in [2.75, 3.05) is 17.7 Å². The Bertz CT molecular complexity index is 695. The first-order valence-electron chi connectivity index (χ1n) is 6.13. The van der Waals surface area contributed by atoms with Gasteiger partial charge in [-0.1, -0.05) is 30.3 Å². The van der Waals surface area contributed by atoms with Crippen LogP contribution >= 0.6 is 0 Å². The highest BCUT2D eigenvalue weighted by Crippen LogP contribution is 2.22. The summed E-state index contributed by atoms with van der Waals surface area (Å²) in [6, 6.07) is 17.8. The molecule has 0 bridgehead atoms. The van der Waals surface area contributed by atoms with Crippen molar-refractivity contribution in [3.8, 4) is 0 Å². The molecule has 4 heteroatoms. The molecule has 0 aliphatic heterocycles. The number of hydrogen-bond acceptors (Lipinski definition) is 4. The highest BCUT2D eigenvalue weighted by atomic mass is 15.1. The van der Waals surface area contributed by atoms with E-state index < -0.39 is 0 Å². The predicted molar refractivity (Wildman–Crippen MR) is 78.8 cm³/mol. The van der Waals surface area contributed by atoms with Crippen LogP contribution in [-0.4, -0.2) is 17.0 Å². The Labute approximate surface area is 111 Å². The molecule has 0 aliphatic carbocycles. The van der Waals surface area contributed by atoms with Crippen LogP contribution in [0.15, 0.2) is 54.6 Å². The van der Waals surface area contributed by atoms with Crippen molar-refractivity contribution in [2.45, 2.75) is 0 Å². The average molecular weight is 250 g/mol. The summed E-state index contributed by atoms with van der Waals surface area (Å²) in [6.45, 7) is 0. The molecule has 0 saturated heterocycles. The maximum Gasteiger partial charge on any atom is 0.229 e. The van der Waals surface area contributed by atoms with Crippen LogP contribution in [0.25, 0.3) is 10.9 Å². The molecule has 4 nitrogen and oxygen atoms in total. The molecule has 0 spiro atoms. The quantitative estimate of drug-likeness (QED) is 0.748. The van der Waals surface area contributed by atoms with Crippen molar-refractivity contribution in [1.82, 2.24) is 9.97 Å². The molecule has 1 heterocycles. The molecule has 3 rings (SSSR count). The van der Waals surface area contributed by atoms with Gasteiger partial charge in [-0.3, -0.25) is 0 Å². The maximum atomic E-state index is 4.52. The molecule has 0 saturated carbocycles. The van der Waals surface area contributed by atoms with E-state index in [4.69, 9.17) is 0 Å². The molecular formula is C15H14N4. The lowest BCUT2D eigenvalue weighted by Gasteiger charge is -2.09. The third-order valence-corrected chi connectivity index (χ3v) is 2.87. The molecule has 0 unspecified atom stereocenters. The van der Waals surface area contributed by atoms with Gasteiger partial charge in [-0.05, 0) is 24.3 Å². The van der Waals surface area contributed by atoms with Crippen LogP contribution in [0.5, 0.6) is 0 Å². The molecule has 0 atom stereocenters. The summed E-state index contributed by atoms with van der Waals surface area (Å²) in [4.78, 5) is 9.00. The van der Waals surface area contributed by atoms with Crippen molar-refractivity contribution in [1.29, 1.82) is 0 Å². The van der Waals surface area contributed by atoms with Gasteiger partial charge in [-0.15, -0.1) is 0 Å². The summed E-state index contributed by atoms with van der Waals surface area (Å²) < 4.78 is 0. The molecule has 0 aliphatic rings. The predicted octanol–water partition coefficient (Wildman–Crippen LogP) is 3.42. The Morgan fingerprint density at radius 1 is 0.842 bits per heavy atom. The van der Waals surface area contributed by atoms with Gasteiger partial charge in [0.2, 0.25) is 5.95 Å². The van der Waals surface area contributed by atoms with Crippen LogP contribution in [0.1, 0.15) is 0 Å². The van der Waals surface area contributed by atoms with Gasteiger partial charge in [0.1, 0.15) is 5.82 Å². The summed E-state index contributed by atoms with van der Waals surface area (Å²) in [5.41, 5.74) is 1.89. The number of anilines is 3. The fraction of sp³-hybridized carbons (Fsp3) is 0.0667. The van der Waals surface area contributed by atoms with E-state index in [1.54, 1.807) is 0 Å². The monoisotopic (exact) mass is 250 g/mol. The summed E-state index contributed by atoms with van der Waals surface area (Å²) >= 11 is 0. The minimum atomic E-state index is 0.592. The fourth-order valence-electron chi connectivity index (χ4n) is 1.97. The van der Waals surface area contributed by atoms with E-state index in [1.807, 2.05) is 61.6 Å². The van der Waals surface area contributed by atoms with Gasteiger partial charge in [0, 0.05) is 18.1 Å². The lowest BCUT2D eigenvalue weighted by Crippen LogP contribution is -2.01. The molecule has 0 amide bonds. The number of nitrogens with one attached hydrogen (secondary N) is 2. The highest BCUT2D eigenvalue weighted by Gasteiger charge is 2.05. The highest BCUT2D eigenvalue weighted by molar-refractivity contribution is 5.90. The van der Waals surface area contributed by atoms with Crippen LogP contribution in [0.2, 0.25) is 0 Å². The van der Waals surface area contributed by atoms with E-state index >= 15 is 0 Å². The van der Waals surface area contributed by atoms with Gasteiger partial charge in [0.25, 0.3) is 0 Å². The van der Waals surface area contributed by atoms with Crippen LogP contribution in [0.4, 0.5) is 17.5 Å². The molecule has 0 radical (unpaired) electrons. The first-order valence-corrected chi connectivity index (χ1v) is 6.13. The van der Waals surface area contributed by atoms with Crippen LogP contribution < -0.4 is 10.6 Å². The van der Waals surface area contributed by atoms with Gasteiger partial charge >= 0.3 is 0 Å². The zero-order valence-electron chi connectivity index (χ0n) is 10.6. The molecule has 94 valence electrons. The summed E-state index contributed by atoms with van der Waals surface area (Å²) in [7, 11) is 1.86. The van der Waals surface area contributed by atoms with E-state index in [9.17, 15) is 0 Å². The number of hydrogen-bond donors (Lipinski definition) is 2. The van der Waals surface area contributed by atoms with Crippen LogP contribution in [0.3, 0.4) is 0 Å². The van der Waals surface area contributed by atoms with E-state index in [0.717, 1.165) is 22.4 Å². The Hall–Kier alpha value is -2.62. The molecule has 0 fully saturated rings. The number of para-hydroxylation sites is 2. The van der Waals surface area contributed by atoms with Crippen LogP contribution in [-0.2, 0) is 0 Å². The van der Waals surface area contributed by atoms with E-state index in [0.29, 0.717) is 5.95 Å². The van der Waals surface area contributed by atoms with Crippen molar-refractivity contribution < 1.29 is 0 Å². The van der Waals surface area contributed by atoms with Gasteiger partial charge in [0.15, 0.2) is 0 Å². The summed E-state index contributed by atoms with van der Waals surface area (Å²) in [5.74, 6) is 1.42. The Kier molecular flexibility index (Phi) is 2.98. The normalized spacial score (nSPS) is 10.4. The topological polar surface area (TPSA) is 49.8 Å². The Morgan fingerprint density at radius 2 is 1.58 bits per heavy atom. The second-order valence-corrected chi connectivity index (χ2v) is 4.15. The minimum absolute atomic E-state index is 0.592. The molecule has 1 aromatic heterocycles. The smallest absolute Gasteiger partial charge is 0.229 e. The number of fused-ring (bicyclic) bond motifs is 1. The second kappa shape index (κ2) is 4.94. The van der Waals surface area contributed by atoms with Gasteiger partial charge in [-0.25, -0.2) is 4.98 Å². The van der Waals surface area contributed by atoms with Crippen molar-refractivity contribution in [3.63, 3.8) is 0 Å². The van der Waals surface area contributed by atoms with Gasteiger partial charge < -0.3 is 10.6 Å². The van der Waals surface area contributed by atoms with Gasteiger partial charge in [-0.2, -0.15) is 4.98 Å². The number of aromatic nitrogens is 2. The van der Waals surface area contributed by atoms with Crippen molar-refractivity contribution >= 4 is 28.4 Å². The number of nitrogens with zero attached hydrogens (tertiary/aromatic N) is 2. The Morgan fingerprint density at radius 3 is 2.37 bits per heavy atom. The third-order valence-electron chi connectivity index (χ3n) is 2.87. The molecule has 2 aromatic carbocycles. The van der Waals surface area contributed by atoms with Crippen molar-refractivity contribution in [3.05, 3.63) is 54.6 Å². The zero-order chi connectivity index (χ0) is 13.1. The Balaban J connectivity index is 2.05. The van der Waals surface area contributed by atoms with E-state index in [1.165, 1.54) is 0 Å². The molecule has 2 N–H and O–H groups in total. The summed E-state index contributed by atoms with van der Waals surface area (Å²) in [6.07, 6.45) is 0. The molecular weight excluding hydrogens is 236 g/mol. The zero-order valence-corrected chi connectivity index (χ0v) is 10.6. The maximum absolute atomic E-state index is 4.52. The second-order valence-electron chi connectivity index (χ2n) is 4.15. The SMILES string of the molecule is CNc1nc(Nc2ccccc2)nc2ccccc12. The average Bonchev–Trinajstić information content (AvgIpc) is 2.47. The summed E-state index contributed by atoms with van der Waals surface area (Å²) in [5, 5.41) is 7.33. The third kappa shape index (κ3) is 2.33. The molecule has 19 heavy (non-hydrogen) atoms. The van der Waals surface area contributed by atoms with E-state index in [2.05, 4.69) is 20.6 Å². The van der Waals surface area contributed by atoms with Crippen LogP contribution in [0, 0.1) is 0 Å². The first kappa shape index (κ1) is 11.5. The standard InChI is InChI=1S/C15H14N4/c1-16-14-12-9-5-6-10-13(12)18-15(19-14)17-11-7-3-2-4-8-11/h2-10H,1H3,(H2,16,17,18,19). The first-order chi connectivity index (χ1) is 9.36. The van der Waals surface area contributed by atoms with E-state index in [-0.39, 0.29) is 0 Å². The lowest BCUT2D eigenvalue weighted by molar-refractivity contribution is 1.20. The van der Waals surface area contributed by atoms with Crippen molar-refractivity contribution in [2.24, 2.45) is 0 Å². The lowest BCUT2D eigenvalue weighted by atomic mass is 10.2. The number of rotatable bonds is 3. The minimum Gasteiger partial charge on any atom is -0.372 e. The van der Waals surface area contributed by atoms with Gasteiger partial charge in [0.05, 0.1) is 5.52 Å². The fourth-order valence-corrected chi connectivity index (χ4v) is 1.97.